The summed E-state index contributed by atoms with van der Waals surface area (Å²) in [5.74, 6) is 0. The number of hydrogen-bond acceptors (Lipinski definition) is 4. The number of hydrogen-bond donors (Lipinski definition) is 1. The summed E-state index contributed by atoms with van der Waals surface area (Å²) in [4.78, 5) is 7.46. The number of fused-ring (bicyclic) bond motifs is 1. The van der Waals surface area contributed by atoms with E-state index in [1.54, 1.807) is 0 Å². The minimum absolute atomic E-state index is 0.238. The first-order valence-corrected chi connectivity index (χ1v) is 10.1. The quantitative estimate of drug-likeness (QED) is 0.762. The molecule has 1 N–H and O–H groups in total. The van der Waals surface area contributed by atoms with Gasteiger partial charge in [-0.15, -0.1) is 11.3 Å². The molecule has 2 aromatic heterocycles. The second-order valence-electron chi connectivity index (χ2n) is 6.67. The summed E-state index contributed by atoms with van der Waals surface area (Å²) < 4.78 is 1.36. The van der Waals surface area contributed by atoms with Crippen molar-refractivity contribution >= 4 is 21.4 Å². The fraction of sp³-hybridized carbons (Fsp3) is 0.381. The molecule has 3 heterocycles. The Hall–Kier alpha value is -1.75. The van der Waals surface area contributed by atoms with Crippen LogP contribution in [0.15, 0.2) is 48.0 Å². The predicted molar refractivity (Wildman–Crippen MR) is 106 cm³/mol. The summed E-state index contributed by atoms with van der Waals surface area (Å²) in [5.41, 5.74) is 3.87. The molecule has 3 nitrogen and oxygen atoms in total. The minimum atomic E-state index is 0.238. The van der Waals surface area contributed by atoms with Crippen LogP contribution in [0.5, 0.6) is 0 Å². The van der Waals surface area contributed by atoms with Crippen LogP contribution in [0, 0.1) is 0 Å². The lowest BCUT2D eigenvalue weighted by molar-refractivity contribution is 0.239. The standard InChI is InChI=1S/C21H25N3S/c1-2-16-8-9-19(23-14-16)21(24-12-5-10-22-11-13-24)18-15-25-20-7-4-3-6-17(18)20/h3-4,6-9,14-15,21-22H,2,5,10-13H2,1H3. The smallest absolute Gasteiger partial charge is 0.0790 e. The normalized spacial score (nSPS) is 17.5. The van der Waals surface area contributed by atoms with Gasteiger partial charge in [0.15, 0.2) is 0 Å². The Kier molecular flexibility index (Phi) is 5.11. The van der Waals surface area contributed by atoms with Gasteiger partial charge in [0.05, 0.1) is 11.7 Å². The molecule has 1 fully saturated rings. The van der Waals surface area contributed by atoms with Crippen molar-refractivity contribution in [2.45, 2.75) is 25.8 Å². The van der Waals surface area contributed by atoms with Crippen LogP contribution in [-0.4, -0.2) is 36.1 Å². The molecule has 1 aliphatic heterocycles. The average molecular weight is 352 g/mol. The van der Waals surface area contributed by atoms with Crippen molar-refractivity contribution in [3.05, 3.63) is 64.8 Å². The summed E-state index contributed by atoms with van der Waals surface area (Å²) in [5, 5.41) is 7.23. The van der Waals surface area contributed by atoms with E-state index in [1.165, 1.54) is 33.3 Å². The summed E-state index contributed by atoms with van der Waals surface area (Å²) >= 11 is 1.84. The van der Waals surface area contributed by atoms with Crippen molar-refractivity contribution in [1.82, 2.24) is 15.2 Å². The van der Waals surface area contributed by atoms with Gasteiger partial charge in [0.1, 0.15) is 0 Å². The van der Waals surface area contributed by atoms with Crippen LogP contribution >= 0.6 is 11.3 Å². The maximum Gasteiger partial charge on any atom is 0.0790 e. The first kappa shape index (κ1) is 16.7. The SMILES string of the molecule is CCc1ccc(C(c2csc3ccccc23)N2CCCNCC2)nc1. The van der Waals surface area contributed by atoms with Gasteiger partial charge in [-0.05, 0) is 53.4 Å². The molecule has 0 bridgehead atoms. The fourth-order valence-corrected chi connectivity index (χ4v) is 4.66. The zero-order valence-electron chi connectivity index (χ0n) is 14.7. The number of nitrogens with one attached hydrogen (secondary N) is 1. The number of benzene rings is 1. The molecule has 1 aliphatic rings. The van der Waals surface area contributed by atoms with Gasteiger partial charge < -0.3 is 5.32 Å². The fourth-order valence-electron chi connectivity index (χ4n) is 3.68. The molecule has 0 radical (unpaired) electrons. The maximum absolute atomic E-state index is 4.86. The lowest BCUT2D eigenvalue weighted by Gasteiger charge is -2.30. The summed E-state index contributed by atoms with van der Waals surface area (Å²) in [6.07, 6.45) is 4.27. The Balaban J connectivity index is 1.79. The second kappa shape index (κ2) is 7.65. The predicted octanol–water partition coefficient (Wildman–Crippen LogP) is 4.24. The van der Waals surface area contributed by atoms with Crippen molar-refractivity contribution < 1.29 is 0 Å². The second-order valence-corrected chi connectivity index (χ2v) is 7.59. The summed E-state index contributed by atoms with van der Waals surface area (Å²) in [6.45, 7) is 6.51. The van der Waals surface area contributed by atoms with E-state index in [0.29, 0.717) is 0 Å². The third kappa shape index (κ3) is 3.47. The van der Waals surface area contributed by atoms with E-state index >= 15 is 0 Å². The molecule has 1 aromatic carbocycles. The Morgan fingerprint density at radius 2 is 2.08 bits per heavy atom. The van der Waals surface area contributed by atoms with Gasteiger partial charge in [0, 0.05) is 30.5 Å². The molecule has 3 aromatic rings. The van der Waals surface area contributed by atoms with Crippen molar-refractivity contribution in [1.29, 1.82) is 0 Å². The van der Waals surface area contributed by atoms with Crippen LogP contribution in [-0.2, 0) is 6.42 Å². The van der Waals surface area contributed by atoms with Gasteiger partial charge in [-0.3, -0.25) is 9.88 Å². The zero-order chi connectivity index (χ0) is 17.1. The van der Waals surface area contributed by atoms with E-state index in [9.17, 15) is 0 Å². The highest BCUT2D eigenvalue weighted by Crippen LogP contribution is 2.36. The van der Waals surface area contributed by atoms with Gasteiger partial charge in [-0.1, -0.05) is 31.2 Å². The van der Waals surface area contributed by atoms with Gasteiger partial charge in [-0.2, -0.15) is 0 Å². The first-order chi connectivity index (χ1) is 12.4. The molecule has 1 atom stereocenters. The molecular formula is C21H25N3S. The van der Waals surface area contributed by atoms with Crippen LogP contribution in [0.25, 0.3) is 10.1 Å². The molecule has 130 valence electrons. The Labute approximate surface area is 153 Å². The number of pyridine rings is 1. The monoisotopic (exact) mass is 351 g/mol. The van der Waals surface area contributed by atoms with E-state index in [0.717, 1.165) is 32.6 Å². The lowest BCUT2D eigenvalue weighted by atomic mass is 9.99. The molecule has 1 saturated heterocycles. The van der Waals surface area contributed by atoms with Crippen LogP contribution in [0.3, 0.4) is 0 Å². The maximum atomic E-state index is 4.86. The Morgan fingerprint density at radius 3 is 2.92 bits per heavy atom. The molecule has 0 amide bonds. The summed E-state index contributed by atoms with van der Waals surface area (Å²) in [7, 11) is 0. The van der Waals surface area contributed by atoms with E-state index < -0.39 is 0 Å². The molecule has 4 heteroatoms. The minimum Gasteiger partial charge on any atom is -0.315 e. The van der Waals surface area contributed by atoms with Gasteiger partial charge in [0.2, 0.25) is 0 Å². The van der Waals surface area contributed by atoms with Crippen LogP contribution < -0.4 is 5.32 Å². The molecule has 4 rings (SSSR count). The zero-order valence-corrected chi connectivity index (χ0v) is 15.6. The Bertz CT molecular complexity index is 817. The molecule has 25 heavy (non-hydrogen) atoms. The van der Waals surface area contributed by atoms with E-state index in [-0.39, 0.29) is 6.04 Å². The molecule has 0 aliphatic carbocycles. The van der Waals surface area contributed by atoms with Gasteiger partial charge in [0.25, 0.3) is 0 Å². The number of nitrogens with zero attached hydrogens (tertiary/aromatic N) is 2. The summed E-state index contributed by atoms with van der Waals surface area (Å²) in [6, 6.07) is 13.5. The molecule has 0 saturated carbocycles. The number of aromatic nitrogens is 1. The lowest BCUT2D eigenvalue weighted by Crippen LogP contribution is -2.33. The van der Waals surface area contributed by atoms with Crippen molar-refractivity contribution in [2.24, 2.45) is 0 Å². The number of aryl methyl sites for hydroxylation is 1. The topological polar surface area (TPSA) is 28.2 Å². The largest absolute Gasteiger partial charge is 0.315 e. The highest BCUT2D eigenvalue weighted by molar-refractivity contribution is 7.17. The molecule has 1 unspecified atom stereocenters. The van der Waals surface area contributed by atoms with Crippen LogP contribution in [0.1, 0.15) is 36.2 Å². The highest BCUT2D eigenvalue weighted by Gasteiger charge is 2.26. The Morgan fingerprint density at radius 1 is 1.16 bits per heavy atom. The van der Waals surface area contributed by atoms with E-state index in [2.05, 4.69) is 58.9 Å². The third-order valence-corrected chi connectivity index (χ3v) is 6.06. The first-order valence-electron chi connectivity index (χ1n) is 9.22. The van der Waals surface area contributed by atoms with Crippen molar-refractivity contribution in [2.75, 3.05) is 26.2 Å². The molecular weight excluding hydrogens is 326 g/mol. The number of rotatable bonds is 4. The van der Waals surface area contributed by atoms with Crippen molar-refractivity contribution in [3.63, 3.8) is 0 Å². The third-order valence-electron chi connectivity index (χ3n) is 5.08. The average Bonchev–Trinajstić information content (AvgIpc) is 2.90. The van der Waals surface area contributed by atoms with Gasteiger partial charge >= 0.3 is 0 Å². The van der Waals surface area contributed by atoms with Crippen LogP contribution in [0.4, 0.5) is 0 Å². The van der Waals surface area contributed by atoms with Crippen molar-refractivity contribution in [3.8, 4) is 0 Å². The van der Waals surface area contributed by atoms with E-state index in [4.69, 9.17) is 4.98 Å². The van der Waals surface area contributed by atoms with Gasteiger partial charge in [-0.25, -0.2) is 0 Å². The van der Waals surface area contributed by atoms with E-state index in [1.807, 2.05) is 17.5 Å². The molecule has 0 spiro atoms. The van der Waals surface area contributed by atoms with Crippen LogP contribution in [0.2, 0.25) is 0 Å². The highest BCUT2D eigenvalue weighted by atomic mass is 32.1. The number of thiophene rings is 1.